The van der Waals surface area contributed by atoms with E-state index in [1.54, 1.807) is 0 Å². The molecule has 5 heteroatoms. The summed E-state index contributed by atoms with van der Waals surface area (Å²) in [5.74, 6) is 0. The molecular weight excluding hydrogens is 684 g/mol. The second-order valence-electron chi connectivity index (χ2n) is 10.6. The maximum absolute atomic E-state index is 3.75. The average Bonchev–Trinajstić information content (AvgIpc) is 3.73. The van der Waals surface area contributed by atoms with Crippen molar-refractivity contribution < 1.29 is 21.1 Å². The first-order chi connectivity index (χ1) is 19.8. The molecule has 0 amide bonds. The Kier molecular flexibility index (Phi) is 5.35. The molecule has 8 aromatic rings. The molecule has 4 aromatic carbocycles. The van der Waals surface area contributed by atoms with E-state index in [1.807, 2.05) is 0 Å². The van der Waals surface area contributed by atoms with Crippen molar-refractivity contribution in [3.05, 3.63) is 141 Å². The van der Waals surface area contributed by atoms with E-state index in [2.05, 4.69) is 141 Å². The Labute approximate surface area is 248 Å². The third kappa shape index (κ3) is 3.65. The van der Waals surface area contributed by atoms with Crippen LogP contribution in [0.4, 0.5) is 0 Å². The SMILES string of the molecule is C1=c2[nH]c(c3ccccc23)=Cc2[nH]c(c3ccccc23)C=c2[nH]c(c3ccccc23)=Cc2[nH]c1c1ccccc21.[Pt+2]. The van der Waals surface area contributed by atoms with Gasteiger partial charge in [0.2, 0.25) is 0 Å². The second kappa shape index (κ2) is 9.12. The second-order valence-corrected chi connectivity index (χ2v) is 10.6. The van der Waals surface area contributed by atoms with Gasteiger partial charge in [0.15, 0.2) is 0 Å². The number of aromatic amines is 4. The molecule has 0 aliphatic carbocycles. The molecule has 0 saturated heterocycles. The molecule has 8 bridgehead atoms. The summed E-state index contributed by atoms with van der Waals surface area (Å²) in [7, 11) is 0. The average molecular weight is 708 g/mol. The minimum absolute atomic E-state index is 0. The summed E-state index contributed by atoms with van der Waals surface area (Å²) >= 11 is 0. The molecule has 0 spiro atoms. The maximum Gasteiger partial charge on any atom is 2.00 e. The van der Waals surface area contributed by atoms with Crippen LogP contribution in [0, 0.1) is 0 Å². The molecule has 1 aliphatic rings. The Morgan fingerprint density at radius 2 is 0.488 bits per heavy atom. The van der Waals surface area contributed by atoms with Crippen LogP contribution in [0.2, 0.25) is 0 Å². The van der Waals surface area contributed by atoms with Crippen molar-refractivity contribution >= 4 is 67.4 Å². The third-order valence-corrected chi connectivity index (χ3v) is 8.26. The van der Waals surface area contributed by atoms with E-state index in [4.69, 9.17) is 0 Å². The summed E-state index contributed by atoms with van der Waals surface area (Å²) < 4.78 is 0. The van der Waals surface area contributed by atoms with Gasteiger partial charge >= 0.3 is 21.1 Å². The molecule has 0 unspecified atom stereocenters. The van der Waals surface area contributed by atoms with E-state index in [-0.39, 0.29) is 21.1 Å². The van der Waals surface area contributed by atoms with Gasteiger partial charge in [-0.05, 0) is 24.3 Å². The number of aromatic nitrogens is 4. The van der Waals surface area contributed by atoms with E-state index in [9.17, 15) is 0 Å². The fourth-order valence-electron chi connectivity index (χ4n) is 6.42. The van der Waals surface area contributed by atoms with Crippen molar-refractivity contribution in [2.24, 2.45) is 0 Å². The van der Waals surface area contributed by atoms with Crippen molar-refractivity contribution in [1.82, 2.24) is 19.9 Å². The molecule has 196 valence electrons. The van der Waals surface area contributed by atoms with Gasteiger partial charge in [-0.15, -0.1) is 0 Å². The van der Waals surface area contributed by atoms with Crippen molar-refractivity contribution in [2.75, 3.05) is 0 Å². The monoisotopic (exact) mass is 707 g/mol. The van der Waals surface area contributed by atoms with Crippen molar-refractivity contribution in [3.8, 4) is 0 Å². The third-order valence-electron chi connectivity index (χ3n) is 8.26. The molecule has 5 heterocycles. The summed E-state index contributed by atoms with van der Waals surface area (Å²) in [5, 5.41) is 13.9. The largest absolute Gasteiger partial charge is 2.00 e. The number of nitrogens with one attached hydrogen (secondary N) is 4. The van der Waals surface area contributed by atoms with E-state index >= 15 is 0 Å². The van der Waals surface area contributed by atoms with E-state index in [1.165, 1.54) is 43.1 Å². The predicted octanol–water partition coefficient (Wildman–Crippen LogP) is 5.24. The first-order valence-corrected chi connectivity index (χ1v) is 13.6. The molecule has 0 radical (unpaired) electrons. The van der Waals surface area contributed by atoms with Crippen LogP contribution < -0.4 is 21.4 Å². The summed E-state index contributed by atoms with van der Waals surface area (Å²) in [4.78, 5) is 15.0. The number of benzene rings is 4. The minimum Gasteiger partial charge on any atom is -0.354 e. The van der Waals surface area contributed by atoms with Gasteiger partial charge in [0.1, 0.15) is 0 Å². The fraction of sp³-hybridized carbons (Fsp3) is 0. The molecule has 4 nitrogen and oxygen atoms in total. The zero-order valence-corrected chi connectivity index (χ0v) is 24.1. The zero-order chi connectivity index (χ0) is 26.2. The predicted molar refractivity (Wildman–Crippen MR) is 166 cm³/mol. The van der Waals surface area contributed by atoms with Crippen molar-refractivity contribution in [2.45, 2.75) is 0 Å². The molecule has 4 N–H and O–H groups in total. The summed E-state index contributed by atoms with van der Waals surface area (Å²) in [6.07, 6.45) is 8.98. The molecule has 0 fully saturated rings. The summed E-state index contributed by atoms with van der Waals surface area (Å²) in [6.45, 7) is 0. The van der Waals surface area contributed by atoms with Crippen LogP contribution >= 0.6 is 0 Å². The van der Waals surface area contributed by atoms with E-state index in [0.717, 1.165) is 44.2 Å². The Morgan fingerprint density at radius 1 is 0.268 bits per heavy atom. The molecule has 41 heavy (non-hydrogen) atoms. The van der Waals surface area contributed by atoms with Crippen LogP contribution in [0.1, 0.15) is 22.8 Å². The topological polar surface area (TPSA) is 63.2 Å². The van der Waals surface area contributed by atoms with Crippen LogP contribution in [-0.2, 0) is 21.1 Å². The number of hydrogen-bond donors (Lipinski definition) is 4. The number of fused-ring (bicyclic) bond motifs is 20. The first-order valence-electron chi connectivity index (χ1n) is 13.6. The standard InChI is InChI=1S/C36H24N4.Pt/c1-2-10-22-21(9-1)29-17-31-23-11-3-4-12-24(23)33(38-31)19-35-27-15-7-8-16-28(27)36(40-35)20-34-26-14-6-5-13-25(26)32(39-34)18-30(22)37-29;/h1-20,37-40H;/q;+2. The van der Waals surface area contributed by atoms with Gasteiger partial charge < -0.3 is 19.9 Å². The van der Waals surface area contributed by atoms with Gasteiger partial charge in [0.25, 0.3) is 0 Å². The molecular formula is C36H24N4Pt+2. The van der Waals surface area contributed by atoms with Gasteiger partial charge in [0, 0.05) is 87.3 Å². The molecule has 1 aliphatic heterocycles. The summed E-state index contributed by atoms with van der Waals surface area (Å²) in [6, 6.07) is 34.4. The van der Waals surface area contributed by atoms with Gasteiger partial charge in [-0.2, -0.15) is 0 Å². The number of H-pyrrole nitrogens is 4. The van der Waals surface area contributed by atoms with Gasteiger partial charge in [-0.25, -0.2) is 0 Å². The van der Waals surface area contributed by atoms with Crippen LogP contribution in [0.3, 0.4) is 0 Å². The van der Waals surface area contributed by atoms with Gasteiger partial charge in [0.05, 0.1) is 0 Å². The smallest absolute Gasteiger partial charge is 0.354 e. The zero-order valence-electron chi connectivity index (χ0n) is 21.9. The van der Waals surface area contributed by atoms with Gasteiger partial charge in [-0.1, -0.05) is 97.1 Å². The number of hydrogen-bond acceptors (Lipinski definition) is 0. The fourth-order valence-corrected chi connectivity index (χ4v) is 6.42. The normalized spacial score (nSPS) is 12.5. The Morgan fingerprint density at radius 3 is 0.732 bits per heavy atom. The Hall–Kier alpha value is -4.79. The van der Waals surface area contributed by atoms with Crippen LogP contribution in [-0.4, -0.2) is 19.9 Å². The van der Waals surface area contributed by atoms with Crippen LogP contribution in [0.25, 0.3) is 67.4 Å². The molecule has 9 rings (SSSR count). The number of rotatable bonds is 0. The molecule has 0 saturated carbocycles. The van der Waals surface area contributed by atoms with E-state index < -0.39 is 0 Å². The van der Waals surface area contributed by atoms with E-state index in [0.29, 0.717) is 0 Å². The first kappa shape index (κ1) is 24.0. The minimum atomic E-state index is 0. The molecule has 0 atom stereocenters. The molecule has 4 aromatic heterocycles. The van der Waals surface area contributed by atoms with Crippen LogP contribution in [0.5, 0.6) is 0 Å². The van der Waals surface area contributed by atoms with Crippen molar-refractivity contribution in [1.29, 1.82) is 0 Å². The Bertz CT molecular complexity index is 2210. The maximum atomic E-state index is 3.75. The summed E-state index contributed by atoms with van der Waals surface area (Å²) in [5.41, 5.74) is 4.34. The Balaban J connectivity index is 0.00000256. The quantitative estimate of drug-likeness (QED) is 0.167. The van der Waals surface area contributed by atoms with Gasteiger partial charge in [-0.3, -0.25) is 0 Å². The van der Waals surface area contributed by atoms with Crippen molar-refractivity contribution in [3.63, 3.8) is 0 Å². The van der Waals surface area contributed by atoms with Crippen LogP contribution in [0.15, 0.2) is 97.1 Å².